The smallest absolute Gasteiger partial charge is 0.179 e. The summed E-state index contributed by atoms with van der Waals surface area (Å²) in [5.74, 6) is 1.17. The third kappa shape index (κ3) is 4.85. The molecule has 1 aromatic heterocycles. The molecule has 1 fully saturated rings. The molecule has 0 saturated carbocycles. The van der Waals surface area contributed by atoms with E-state index in [0.29, 0.717) is 6.42 Å². The van der Waals surface area contributed by atoms with Crippen LogP contribution in [0.3, 0.4) is 0 Å². The number of Topliss-reactive ketones (excluding diaryl/α,β-unsaturated/α-hetero) is 1. The summed E-state index contributed by atoms with van der Waals surface area (Å²) in [5.41, 5.74) is 2.96. The van der Waals surface area contributed by atoms with Crippen LogP contribution in [0, 0.1) is 0 Å². The Balaban J connectivity index is 1.15. The number of methoxy groups -OCH3 is 1. The van der Waals surface area contributed by atoms with Crippen molar-refractivity contribution >= 4 is 22.4 Å². The molecule has 1 saturated heterocycles. The number of aromatic amines is 1. The Morgan fingerprint density at radius 1 is 0.967 bits per heavy atom. The maximum absolute atomic E-state index is 12.4. The molecule has 0 atom stereocenters. The summed E-state index contributed by atoms with van der Waals surface area (Å²) in [6.07, 6.45) is 3.82. The minimum atomic E-state index is 0.219. The van der Waals surface area contributed by atoms with E-state index in [0.717, 1.165) is 74.3 Å². The lowest BCUT2D eigenvalue weighted by atomic mass is 10.1. The summed E-state index contributed by atoms with van der Waals surface area (Å²) >= 11 is 0. The molecule has 158 valence electrons. The number of benzene rings is 2. The van der Waals surface area contributed by atoms with Crippen molar-refractivity contribution < 1.29 is 9.53 Å². The second-order valence-corrected chi connectivity index (χ2v) is 8.00. The number of hydrogen-bond acceptors (Lipinski definition) is 4. The van der Waals surface area contributed by atoms with Crippen LogP contribution in [-0.4, -0.2) is 55.5 Å². The van der Waals surface area contributed by atoms with Gasteiger partial charge >= 0.3 is 0 Å². The average Bonchev–Trinajstić information content (AvgIpc) is 3.24. The fraction of sp³-hybridized carbons (Fsp3) is 0.400. The maximum Gasteiger partial charge on any atom is 0.179 e. The first-order valence-electron chi connectivity index (χ1n) is 11.0. The number of fused-ring (bicyclic) bond motifs is 1. The fourth-order valence-corrected chi connectivity index (χ4v) is 4.26. The molecule has 0 amide bonds. The molecule has 2 heterocycles. The molecule has 1 aliphatic rings. The highest BCUT2D eigenvalue weighted by Gasteiger charge is 2.19. The molecule has 4 rings (SSSR count). The number of hydrogen-bond donors (Lipinski definition) is 1. The van der Waals surface area contributed by atoms with Crippen LogP contribution >= 0.6 is 0 Å². The molecule has 2 aromatic carbocycles. The minimum Gasteiger partial charge on any atom is -0.495 e. The first kappa shape index (κ1) is 20.5. The molecule has 5 heteroatoms. The van der Waals surface area contributed by atoms with Crippen LogP contribution in [0.5, 0.6) is 5.75 Å². The lowest BCUT2D eigenvalue weighted by molar-refractivity contribution is 0.0974. The lowest BCUT2D eigenvalue weighted by Gasteiger charge is -2.36. The van der Waals surface area contributed by atoms with Crippen molar-refractivity contribution in [1.82, 2.24) is 9.88 Å². The zero-order valence-corrected chi connectivity index (χ0v) is 17.8. The molecule has 5 nitrogen and oxygen atoms in total. The van der Waals surface area contributed by atoms with Crippen molar-refractivity contribution in [3.63, 3.8) is 0 Å². The number of carbonyl (C=O) groups is 1. The summed E-state index contributed by atoms with van der Waals surface area (Å²) in [4.78, 5) is 20.6. The van der Waals surface area contributed by atoms with Gasteiger partial charge in [-0.1, -0.05) is 36.8 Å². The number of H-pyrrole nitrogens is 1. The van der Waals surface area contributed by atoms with Crippen molar-refractivity contribution in [1.29, 1.82) is 0 Å². The zero-order chi connectivity index (χ0) is 20.8. The summed E-state index contributed by atoms with van der Waals surface area (Å²) < 4.78 is 5.50. The quantitative estimate of drug-likeness (QED) is 0.413. The standard InChI is InChI=1S/C25H31N3O2/c1-30-25-13-7-6-11-23(25)28-17-15-27(16-18-28)14-8-2-3-12-24(29)22-19-20-9-4-5-10-21(20)26-22/h4-7,9-11,13,19,26H,2-3,8,12,14-18H2,1H3. The van der Waals surface area contributed by atoms with Crippen LogP contribution in [0.25, 0.3) is 10.9 Å². The van der Waals surface area contributed by atoms with E-state index >= 15 is 0 Å². The van der Waals surface area contributed by atoms with Gasteiger partial charge in [0.05, 0.1) is 18.5 Å². The third-order valence-corrected chi connectivity index (χ3v) is 6.01. The number of nitrogens with zero attached hydrogens (tertiary/aromatic N) is 2. The van der Waals surface area contributed by atoms with E-state index in [4.69, 9.17) is 4.74 Å². The van der Waals surface area contributed by atoms with Crippen LogP contribution in [0.4, 0.5) is 5.69 Å². The molecular weight excluding hydrogens is 374 g/mol. The predicted molar refractivity (Wildman–Crippen MR) is 123 cm³/mol. The SMILES string of the molecule is COc1ccccc1N1CCN(CCCCCC(=O)c2cc3ccccc3[nH]2)CC1. The first-order chi connectivity index (χ1) is 14.7. The van der Waals surface area contributed by atoms with Crippen LogP contribution in [0.1, 0.15) is 36.2 Å². The van der Waals surface area contributed by atoms with Crippen molar-refractivity contribution in [3.8, 4) is 5.75 Å². The van der Waals surface area contributed by atoms with Gasteiger partial charge in [0, 0.05) is 43.5 Å². The van der Waals surface area contributed by atoms with Crippen LogP contribution < -0.4 is 9.64 Å². The molecular formula is C25H31N3O2. The van der Waals surface area contributed by atoms with Crippen LogP contribution in [0.2, 0.25) is 0 Å². The Bertz CT molecular complexity index is 940. The van der Waals surface area contributed by atoms with Crippen molar-refractivity contribution in [2.45, 2.75) is 25.7 Å². The van der Waals surface area contributed by atoms with E-state index in [1.807, 2.05) is 42.5 Å². The number of piperazine rings is 1. The molecule has 1 aliphatic heterocycles. The van der Waals surface area contributed by atoms with E-state index in [9.17, 15) is 4.79 Å². The van der Waals surface area contributed by atoms with Gasteiger partial charge in [-0.3, -0.25) is 9.69 Å². The highest BCUT2D eigenvalue weighted by Crippen LogP contribution is 2.28. The maximum atomic E-state index is 12.4. The Labute approximate surface area is 178 Å². The Morgan fingerprint density at radius 3 is 2.53 bits per heavy atom. The van der Waals surface area contributed by atoms with Gasteiger partial charge in [0.2, 0.25) is 0 Å². The van der Waals surface area contributed by atoms with Crippen LogP contribution in [0.15, 0.2) is 54.6 Å². The van der Waals surface area contributed by atoms with Gasteiger partial charge in [0.15, 0.2) is 5.78 Å². The zero-order valence-electron chi connectivity index (χ0n) is 17.8. The summed E-state index contributed by atoms with van der Waals surface area (Å²) in [5, 5.41) is 1.10. The molecule has 0 aliphatic carbocycles. The predicted octanol–water partition coefficient (Wildman–Crippen LogP) is 4.74. The van der Waals surface area contributed by atoms with Crippen LogP contribution in [-0.2, 0) is 0 Å². The number of anilines is 1. The van der Waals surface area contributed by atoms with Gasteiger partial charge in [-0.25, -0.2) is 0 Å². The lowest BCUT2D eigenvalue weighted by Crippen LogP contribution is -2.46. The van der Waals surface area contributed by atoms with Gasteiger partial charge in [-0.05, 0) is 43.7 Å². The van der Waals surface area contributed by atoms with Gasteiger partial charge < -0.3 is 14.6 Å². The molecule has 1 N–H and O–H groups in total. The Kier molecular flexibility index (Phi) is 6.70. The van der Waals surface area contributed by atoms with E-state index in [2.05, 4.69) is 26.9 Å². The Hall–Kier alpha value is -2.79. The fourth-order valence-electron chi connectivity index (χ4n) is 4.26. The number of carbonyl (C=O) groups excluding carboxylic acids is 1. The molecule has 3 aromatic rings. The van der Waals surface area contributed by atoms with Gasteiger partial charge in [0.1, 0.15) is 5.75 Å². The number of para-hydroxylation sites is 3. The number of rotatable bonds is 9. The second kappa shape index (κ2) is 9.81. The van der Waals surface area contributed by atoms with E-state index in [1.54, 1.807) is 7.11 Å². The average molecular weight is 406 g/mol. The van der Waals surface area contributed by atoms with Gasteiger partial charge in [-0.2, -0.15) is 0 Å². The van der Waals surface area contributed by atoms with Crippen molar-refractivity contribution in [3.05, 3.63) is 60.3 Å². The monoisotopic (exact) mass is 405 g/mol. The van der Waals surface area contributed by atoms with Crippen molar-refractivity contribution in [2.75, 3.05) is 44.7 Å². The van der Waals surface area contributed by atoms with E-state index in [-0.39, 0.29) is 5.78 Å². The number of aromatic nitrogens is 1. The van der Waals surface area contributed by atoms with Gasteiger partial charge in [0.25, 0.3) is 0 Å². The number of unbranched alkanes of at least 4 members (excludes halogenated alkanes) is 2. The van der Waals surface area contributed by atoms with Crippen molar-refractivity contribution in [2.24, 2.45) is 0 Å². The summed E-state index contributed by atoms with van der Waals surface area (Å²) in [6.45, 7) is 5.32. The summed E-state index contributed by atoms with van der Waals surface area (Å²) in [7, 11) is 1.73. The first-order valence-corrected chi connectivity index (χ1v) is 11.0. The largest absolute Gasteiger partial charge is 0.495 e. The number of nitrogens with one attached hydrogen (secondary N) is 1. The highest BCUT2D eigenvalue weighted by molar-refractivity contribution is 5.99. The second-order valence-electron chi connectivity index (χ2n) is 8.00. The Morgan fingerprint density at radius 2 is 1.73 bits per heavy atom. The normalized spacial score (nSPS) is 14.9. The summed E-state index contributed by atoms with van der Waals surface area (Å²) in [6, 6.07) is 18.3. The topological polar surface area (TPSA) is 48.6 Å². The van der Waals surface area contributed by atoms with E-state index < -0.39 is 0 Å². The van der Waals surface area contributed by atoms with Gasteiger partial charge in [-0.15, -0.1) is 0 Å². The molecule has 30 heavy (non-hydrogen) atoms. The number of ether oxygens (including phenoxy) is 1. The highest BCUT2D eigenvalue weighted by atomic mass is 16.5. The molecule has 0 unspecified atom stereocenters. The molecule has 0 bridgehead atoms. The minimum absolute atomic E-state index is 0.219. The molecule has 0 spiro atoms. The number of ketones is 1. The molecule has 0 radical (unpaired) electrons. The third-order valence-electron chi connectivity index (χ3n) is 6.01. The van der Waals surface area contributed by atoms with E-state index in [1.165, 1.54) is 5.69 Å².